The molecule has 0 unspecified atom stereocenters. The largest absolute Gasteiger partial charge is 0.503 e. The minimum atomic E-state index is -3.42. The first-order chi connectivity index (χ1) is 8.69. The Kier molecular flexibility index (Phi) is 4.30. The predicted molar refractivity (Wildman–Crippen MR) is 54.3 cm³/mol. The van der Waals surface area contributed by atoms with Gasteiger partial charge in [0.2, 0.25) is 5.82 Å². The second kappa shape index (κ2) is 5.39. The van der Waals surface area contributed by atoms with Gasteiger partial charge in [-0.15, -0.1) is 0 Å². The normalized spacial score (nSPS) is 11.5. The van der Waals surface area contributed by atoms with Crippen molar-refractivity contribution in [2.75, 3.05) is 13.1 Å². The topological polar surface area (TPSA) is 75.3 Å². The number of hydrogen-bond acceptors (Lipinski definition) is 3. The van der Waals surface area contributed by atoms with Gasteiger partial charge in [-0.2, -0.15) is 4.39 Å². The lowest BCUT2D eigenvalue weighted by Crippen LogP contribution is -2.41. The first-order valence-electron chi connectivity index (χ1n) is 4.92. The zero-order chi connectivity index (χ0) is 14.8. The van der Waals surface area contributed by atoms with Crippen molar-refractivity contribution < 1.29 is 31.9 Å². The minimum Gasteiger partial charge on any atom is -0.503 e. The maximum Gasteiger partial charge on any atom is 0.277 e. The third kappa shape index (κ3) is 3.31. The van der Waals surface area contributed by atoms with Gasteiger partial charge in [0.05, 0.1) is 18.7 Å². The maximum absolute atomic E-state index is 13.3. The lowest BCUT2D eigenvalue weighted by atomic mass is 10.1. The van der Waals surface area contributed by atoms with Crippen molar-refractivity contribution in [3.63, 3.8) is 0 Å². The molecule has 0 saturated carbocycles. The molecule has 0 aliphatic rings. The Hall–Kier alpha value is -1.90. The number of alkyl halides is 2. The van der Waals surface area contributed by atoms with Gasteiger partial charge in [0, 0.05) is 0 Å². The van der Waals surface area contributed by atoms with Crippen molar-refractivity contribution in [1.82, 2.24) is 5.32 Å². The molecule has 0 radical (unpaired) electrons. The molecule has 0 spiro atoms. The van der Waals surface area contributed by atoms with E-state index in [4.69, 9.17) is 10.8 Å². The molecule has 0 bridgehead atoms. The van der Waals surface area contributed by atoms with E-state index in [1.165, 1.54) is 0 Å². The SMILES string of the molecule is NCC(F)(F)CNC(=O)c1cc(F)c(F)c(O)c1F. The predicted octanol–water partition coefficient (Wildman–Crippen LogP) is 1.13. The van der Waals surface area contributed by atoms with Crippen LogP contribution in [0.25, 0.3) is 0 Å². The Morgan fingerprint density at radius 1 is 1.32 bits per heavy atom. The third-order valence-electron chi connectivity index (χ3n) is 2.18. The summed E-state index contributed by atoms with van der Waals surface area (Å²) in [5, 5.41) is 10.4. The number of rotatable bonds is 4. The highest BCUT2D eigenvalue weighted by Gasteiger charge is 2.29. The van der Waals surface area contributed by atoms with Crippen molar-refractivity contribution in [2.24, 2.45) is 5.73 Å². The summed E-state index contributed by atoms with van der Waals surface area (Å²) in [6, 6.07) is 0.153. The molecule has 1 aromatic carbocycles. The van der Waals surface area contributed by atoms with Crippen LogP contribution in [0.1, 0.15) is 10.4 Å². The van der Waals surface area contributed by atoms with Crippen LogP contribution in [-0.4, -0.2) is 30.0 Å². The van der Waals surface area contributed by atoms with E-state index in [2.05, 4.69) is 0 Å². The Bertz CT molecular complexity index is 507. The van der Waals surface area contributed by atoms with E-state index in [-0.39, 0.29) is 6.07 Å². The molecule has 0 aromatic heterocycles. The van der Waals surface area contributed by atoms with E-state index < -0.39 is 53.7 Å². The summed E-state index contributed by atoms with van der Waals surface area (Å²) in [7, 11) is 0. The average Bonchev–Trinajstić information content (AvgIpc) is 2.38. The summed E-state index contributed by atoms with van der Waals surface area (Å²) < 4.78 is 64.3. The smallest absolute Gasteiger partial charge is 0.277 e. The number of phenolic OH excluding ortho intramolecular Hbond substituents is 1. The number of nitrogens with two attached hydrogens (primary N) is 1. The van der Waals surface area contributed by atoms with Crippen LogP contribution in [0.5, 0.6) is 5.75 Å². The summed E-state index contributed by atoms with van der Waals surface area (Å²) in [4.78, 5) is 11.3. The molecule has 1 aromatic rings. The highest BCUT2D eigenvalue weighted by molar-refractivity contribution is 5.95. The molecule has 0 fully saturated rings. The number of nitrogens with one attached hydrogen (secondary N) is 1. The van der Waals surface area contributed by atoms with Gasteiger partial charge in [-0.3, -0.25) is 4.79 Å². The molecule has 9 heteroatoms. The van der Waals surface area contributed by atoms with Crippen molar-refractivity contribution in [2.45, 2.75) is 5.92 Å². The van der Waals surface area contributed by atoms with Gasteiger partial charge in [0.15, 0.2) is 17.4 Å². The van der Waals surface area contributed by atoms with Crippen molar-refractivity contribution in [3.05, 3.63) is 29.1 Å². The third-order valence-corrected chi connectivity index (χ3v) is 2.18. The maximum atomic E-state index is 13.3. The molecule has 0 aliphatic carbocycles. The molecule has 0 aliphatic heterocycles. The van der Waals surface area contributed by atoms with Gasteiger partial charge in [-0.05, 0) is 6.07 Å². The Balaban J connectivity index is 2.96. The molecule has 4 nitrogen and oxygen atoms in total. The number of aromatic hydroxyl groups is 1. The van der Waals surface area contributed by atoms with Crippen LogP contribution in [0.3, 0.4) is 0 Å². The monoisotopic (exact) mass is 284 g/mol. The lowest BCUT2D eigenvalue weighted by Gasteiger charge is -2.15. The van der Waals surface area contributed by atoms with Gasteiger partial charge < -0.3 is 16.2 Å². The molecule has 1 amide bonds. The quantitative estimate of drug-likeness (QED) is 0.573. The molecular weight excluding hydrogens is 275 g/mol. The number of phenols is 1. The van der Waals surface area contributed by atoms with Crippen LogP contribution in [0.15, 0.2) is 6.07 Å². The van der Waals surface area contributed by atoms with Gasteiger partial charge in [-0.25, -0.2) is 17.6 Å². The second-order valence-corrected chi connectivity index (χ2v) is 3.63. The van der Waals surface area contributed by atoms with E-state index >= 15 is 0 Å². The van der Waals surface area contributed by atoms with Gasteiger partial charge in [-0.1, -0.05) is 0 Å². The van der Waals surface area contributed by atoms with Crippen LogP contribution in [0.2, 0.25) is 0 Å². The fraction of sp³-hybridized carbons (Fsp3) is 0.300. The van der Waals surface area contributed by atoms with E-state index in [0.29, 0.717) is 0 Å². The summed E-state index contributed by atoms with van der Waals surface area (Å²) in [5.74, 6) is -11.9. The van der Waals surface area contributed by atoms with Crippen LogP contribution in [0.4, 0.5) is 22.0 Å². The first-order valence-corrected chi connectivity index (χ1v) is 4.92. The molecular formula is C10H9F5N2O2. The summed E-state index contributed by atoms with van der Waals surface area (Å²) in [6.45, 7) is -2.26. The molecule has 0 heterocycles. The zero-order valence-corrected chi connectivity index (χ0v) is 9.31. The van der Waals surface area contributed by atoms with Crippen LogP contribution >= 0.6 is 0 Å². The number of benzene rings is 1. The number of hydrogen-bond donors (Lipinski definition) is 3. The average molecular weight is 284 g/mol. The second-order valence-electron chi connectivity index (χ2n) is 3.63. The Morgan fingerprint density at radius 3 is 2.42 bits per heavy atom. The molecule has 0 saturated heterocycles. The zero-order valence-electron chi connectivity index (χ0n) is 9.31. The molecule has 106 valence electrons. The van der Waals surface area contributed by atoms with E-state index in [9.17, 15) is 26.7 Å². The van der Waals surface area contributed by atoms with Gasteiger partial charge in [0.25, 0.3) is 11.8 Å². The fourth-order valence-corrected chi connectivity index (χ4v) is 1.13. The lowest BCUT2D eigenvalue weighted by molar-refractivity contribution is 0.0118. The van der Waals surface area contributed by atoms with Crippen LogP contribution < -0.4 is 11.1 Å². The van der Waals surface area contributed by atoms with Gasteiger partial charge >= 0.3 is 0 Å². The summed E-state index contributed by atoms with van der Waals surface area (Å²) in [5.41, 5.74) is 3.61. The number of carbonyl (C=O) groups excluding carboxylic acids is 1. The number of amides is 1. The standard InChI is InChI=1S/C10H9F5N2O2/c11-5-1-4(6(12)8(18)7(5)13)9(19)17-3-10(14,15)2-16/h1,18H,2-3,16H2,(H,17,19). The van der Waals surface area contributed by atoms with Crippen molar-refractivity contribution >= 4 is 5.91 Å². The fourth-order valence-electron chi connectivity index (χ4n) is 1.13. The Labute approximate surface area is 104 Å². The number of halogens is 5. The van der Waals surface area contributed by atoms with E-state index in [1.807, 2.05) is 0 Å². The highest BCUT2D eigenvalue weighted by Crippen LogP contribution is 2.25. The van der Waals surface area contributed by atoms with Crippen molar-refractivity contribution in [1.29, 1.82) is 0 Å². The molecule has 0 atom stereocenters. The Morgan fingerprint density at radius 2 is 1.89 bits per heavy atom. The van der Waals surface area contributed by atoms with Crippen LogP contribution in [-0.2, 0) is 0 Å². The molecule has 1 rings (SSSR count). The summed E-state index contributed by atoms with van der Waals surface area (Å²) >= 11 is 0. The first kappa shape index (κ1) is 15.2. The number of carbonyl (C=O) groups is 1. The van der Waals surface area contributed by atoms with Gasteiger partial charge in [0.1, 0.15) is 0 Å². The van der Waals surface area contributed by atoms with E-state index in [0.717, 1.165) is 0 Å². The molecule has 19 heavy (non-hydrogen) atoms. The van der Waals surface area contributed by atoms with Crippen molar-refractivity contribution in [3.8, 4) is 5.75 Å². The summed E-state index contributed by atoms with van der Waals surface area (Å²) in [6.07, 6.45) is 0. The minimum absolute atomic E-state index is 0.153. The highest BCUT2D eigenvalue weighted by atomic mass is 19.3. The van der Waals surface area contributed by atoms with E-state index in [1.54, 1.807) is 5.32 Å². The van der Waals surface area contributed by atoms with Crippen LogP contribution in [0, 0.1) is 17.5 Å². The molecule has 4 N–H and O–H groups in total.